The molecule has 35 heavy (non-hydrogen) atoms. The number of carbonyl (C=O) groups is 5. The van der Waals surface area contributed by atoms with E-state index in [0.717, 1.165) is 0 Å². The molecular weight excluding hydrogens is 457 g/mol. The van der Waals surface area contributed by atoms with Crippen LogP contribution >= 0.6 is 0 Å². The molecular formula is C24H32FN5O5. The Morgan fingerprint density at radius 3 is 2.11 bits per heavy atom. The normalized spacial score (nSPS) is 22.7. The molecule has 3 rings (SSSR count). The van der Waals surface area contributed by atoms with Gasteiger partial charge < -0.3 is 26.2 Å². The van der Waals surface area contributed by atoms with Crippen molar-refractivity contribution in [2.75, 3.05) is 27.2 Å². The third kappa shape index (κ3) is 6.55. The van der Waals surface area contributed by atoms with E-state index in [1.807, 2.05) is 0 Å². The van der Waals surface area contributed by atoms with Crippen LogP contribution in [0.2, 0.25) is 0 Å². The molecule has 1 saturated carbocycles. The first kappa shape index (κ1) is 26.1. The molecule has 0 spiro atoms. The zero-order valence-electron chi connectivity index (χ0n) is 20.0. The number of hydrogen-bond donors (Lipinski definition) is 3. The lowest BCUT2D eigenvalue weighted by Gasteiger charge is -2.38. The fourth-order valence-corrected chi connectivity index (χ4v) is 4.75. The molecule has 4 N–H and O–H groups in total. The monoisotopic (exact) mass is 489 g/mol. The van der Waals surface area contributed by atoms with Gasteiger partial charge in [0.1, 0.15) is 5.82 Å². The summed E-state index contributed by atoms with van der Waals surface area (Å²) >= 11 is 0. The maximum atomic E-state index is 13.1. The number of nitrogens with two attached hydrogens (primary N) is 1. The second-order valence-electron chi connectivity index (χ2n) is 9.38. The van der Waals surface area contributed by atoms with Crippen LogP contribution in [0.15, 0.2) is 24.3 Å². The smallest absolute Gasteiger partial charge is 0.309 e. The number of benzene rings is 1. The van der Waals surface area contributed by atoms with E-state index in [2.05, 4.69) is 10.6 Å². The Kier molecular flexibility index (Phi) is 8.42. The van der Waals surface area contributed by atoms with Crippen molar-refractivity contribution in [2.45, 2.75) is 44.2 Å². The minimum Gasteiger partial charge on any atom is -0.361 e. The molecule has 0 bridgehead atoms. The predicted octanol–water partition coefficient (Wildman–Crippen LogP) is 0.0211. The number of likely N-dealkylation sites (tertiary alicyclic amines) is 1. The topological polar surface area (TPSA) is 142 Å². The first-order valence-corrected chi connectivity index (χ1v) is 11.7. The van der Waals surface area contributed by atoms with Gasteiger partial charge in [-0.15, -0.1) is 0 Å². The van der Waals surface area contributed by atoms with Crippen molar-refractivity contribution in [2.24, 2.45) is 17.6 Å². The second-order valence-corrected chi connectivity index (χ2v) is 9.38. The zero-order valence-corrected chi connectivity index (χ0v) is 20.0. The summed E-state index contributed by atoms with van der Waals surface area (Å²) in [6, 6.07) is 4.29. The minimum atomic E-state index is -1.11. The fourth-order valence-electron chi connectivity index (χ4n) is 4.75. The zero-order chi connectivity index (χ0) is 25.7. The molecule has 3 atom stereocenters. The molecule has 5 amide bonds. The highest BCUT2D eigenvalue weighted by Gasteiger charge is 2.38. The summed E-state index contributed by atoms with van der Waals surface area (Å²) in [4.78, 5) is 64.5. The van der Waals surface area contributed by atoms with Gasteiger partial charge in [-0.05, 0) is 56.4 Å². The Bertz CT molecular complexity index is 975. The Balaban J connectivity index is 1.61. The van der Waals surface area contributed by atoms with E-state index in [1.165, 1.54) is 29.2 Å². The quantitative estimate of drug-likeness (QED) is 0.500. The van der Waals surface area contributed by atoms with Crippen molar-refractivity contribution in [1.82, 2.24) is 20.4 Å². The van der Waals surface area contributed by atoms with Gasteiger partial charge in [0.2, 0.25) is 11.8 Å². The van der Waals surface area contributed by atoms with E-state index in [1.54, 1.807) is 19.0 Å². The van der Waals surface area contributed by atoms with Gasteiger partial charge in [-0.1, -0.05) is 0 Å². The van der Waals surface area contributed by atoms with Crippen LogP contribution in [0.4, 0.5) is 4.39 Å². The summed E-state index contributed by atoms with van der Waals surface area (Å²) in [5, 5.41) is 5.54. The summed E-state index contributed by atoms with van der Waals surface area (Å²) < 4.78 is 13.1. The molecule has 190 valence electrons. The highest BCUT2D eigenvalue weighted by molar-refractivity contribution is 6.34. The molecule has 0 aromatic heterocycles. The van der Waals surface area contributed by atoms with Gasteiger partial charge in [0.25, 0.3) is 5.91 Å². The highest BCUT2D eigenvalue weighted by atomic mass is 19.1. The van der Waals surface area contributed by atoms with Gasteiger partial charge in [0.15, 0.2) is 0 Å². The number of piperidine rings is 1. The summed E-state index contributed by atoms with van der Waals surface area (Å²) in [5.74, 6) is -3.61. The average molecular weight is 490 g/mol. The number of amides is 5. The molecule has 1 aliphatic heterocycles. The number of hydrogen-bond acceptors (Lipinski definition) is 5. The van der Waals surface area contributed by atoms with Crippen molar-refractivity contribution in [3.63, 3.8) is 0 Å². The Labute approximate surface area is 203 Å². The van der Waals surface area contributed by atoms with Crippen LogP contribution in [0.25, 0.3) is 0 Å². The molecule has 1 aliphatic carbocycles. The van der Waals surface area contributed by atoms with Crippen molar-refractivity contribution >= 4 is 29.5 Å². The molecule has 10 nitrogen and oxygen atoms in total. The van der Waals surface area contributed by atoms with E-state index >= 15 is 0 Å². The van der Waals surface area contributed by atoms with E-state index in [4.69, 9.17) is 5.73 Å². The van der Waals surface area contributed by atoms with E-state index < -0.39 is 29.7 Å². The van der Waals surface area contributed by atoms with Crippen molar-refractivity contribution < 1.29 is 28.4 Å². The van der Waals surface area contributed by atoms with Crippen LogP contribution in [0.3, 0.4) is 0 Å². The van der Waals surface area contributed by atoms with Gasteiger partial charge in [-0.25, -0.2) is 4.39 Å². The molecule has 1 heterocycles. The van der Waals surface area contributed by atoms with Gasteiger partial charge >= 0.3 is 11.8 Å². The minimum absolute atomic E-state index is 0.0588. The van der Waals surface area contributed by atoms with Crippen molar-refractivity contribution in [3.8, 4) is 0 Å². The standard InChI is InChI=1S/C24H32FN5O5/c1-29(2)23(34)16-5-8-18(27-22(33)20(26)31)19(13-16)28-21(32)14-9-11-30(12-10-14)24(35)15-3-6-17(25)7-4-15/h3-4,6-7,14,16,18-19H,5,8-13H2,1-2H3,(H2,26,31)(H,27,33)(H,28,32)/t16-,18-,19+/m0/s1. The van der Waals surface area contributed by atoms with Crippen LogP contribution in [0, 0.1) is 17.7 Å². The SMILES string of the molecule is CN(C)C(=O)[C@H]1CC[C@H](NC(=O)C(N)=O)[C@H](NC(=O)C2CCN(C(=O)c3ccc(F)cc3)CC2)C1. The van der Waals surface area contributed by atoms with Crippen LogP contribution < -0.4 is 16.4 Å². The molecule has 2 fully saturated rings. The average Bonchev–Trinajstić information content (AvgIpc) is 2.84. The van der Waals surface area contributed by atoms with Crippen LogP contribution in [0.1, 0.15) is 42.5 Å². The summed E-state index contributed by atoms with van der Waals surface area (Å²) in [6.45, 7) is 0.755. The summed E-state index contributed by atoms with van der Waals surface area (Å²) in [7, 11) is 3.33. The van der Waals surface area contributed by atoms with Gasteiger partial charge in [-0.3, -0.25) is 24.0 Å². The number of nitrogens with one attached hydrogen (secondary N) is 2. The van der Waals surface area contributed by atoms with E-state index in [-0.39, 0.29) is 29.6 Å². The van der Waals surface area contributed by atoms with E-state index in [9.17, 15) is 28.4 Å². The predicted molar refractivity (Wildman–Crippen MR) is 124 cm³/mol. The van der Waals surface area contributed by atoms with E-state index in [0.29, 0.717) is 50.8 Å². The molecule has 1 aromatic rings. The van der Waals surface area contributed by atoms with Crippen molar-refractivity contribution in [1.29, 1.82) is 0 Å². The molecule has 2 aliphatic rings. The van der Waals surface area contributed by atoms with Crippen LogP contribution in [-0.2, 0) is 19.2 Å². The number of nitrogens with zero attached hydrogens (tertiary/aromatic N) is 2. The third-order valence-electron chi connectivity index (χ3n) is 6.75. The lowest BCUT2D eigenvalue weighted by Crippen LogP contribution is -2.58. The summed E-state index contributed by atoms with van der Waals surface area (Å²) in [5.41, 5.74) is 5.46. The number of rotatable bonds is 5. The number of primary amides is 1. The maximum Gasteiger partial charge on any atom is 0.309 e. The molecule has 0 radical (unpaired) electrons. The van der Waals surface area contributed by atoms with Gasteiger partial charge in [-0.2, -0.15) is 0 Å². The fraction of sp³-hybridized carbons (Fsp3) is 0.542. The molecule has 11 heteroatoms. The maximum absolute atomic E-state index is 13.1. The Morgan fingerprint density at radius 1 is 0.914 bits per heavy atom. The largest absolute Gasteiger partial charge is 0.361 e. The third-order valence-corrected chi connectivity index (χ3v) is 6.75. The highest BCUT2D eigenvalue weighted by Crippen LogP contribution is 2.27. The van der Waals surface area contributed by atoms with Gasteiger partial charge in [0.05, 0.1) is 0 Å². The first-order valence-electron chi connectivity index (χ1n) is 11.7. The number of halogens is 1. The first-order chi connectivity index (χ1) is 16.6. The Hall–Kier alpha value is -3.50. The Morgan fingerprint density at radius 2 is 1.54 bits per heavy atom. The lowest BCUT2D eigenvalue weighted by molar-refractivity contribution is -0.139. The van der Waals surface area contributed by atoms with Crippen LogP contribution in [-0.4, -0.2) is 78.6 Å². The van der Waals surface area contributed by atoms with Gasteiger partial charge in [0, 0.05) is 56.7 Å². The summed E-state index contributed by atoms with van der Waals surface area (Å²) in [6.07, 6.45) is 2.15. The second kappa shape index (κ2) is 11.3. The molecule has 1 saturated heterocycles. The molecule has 0 unspecified atom stereocenters. The van der Waals surface area contributed by atoms with Crippen LogP contribution in [0.5, 0.6) is 0 Å². The lowest BCUT2D eigenvalue weighted by atomic mass is 9.81. The number of carbonyl (C=O) groups excluding carboxylic acids is 5. The molecule has 1 aromatic carbocycles. The van der Waals surface area contributed by atoms with Crippen molar-refractivity contribution in [3.05, 3.63) is 35.6 Å².